The summed E-state index contributed by atoms with van der Waals surface area (Å²) in [6, 6.07) is 12.4. The quantitative estimate of drug-likeness (QED) is 0.597. The number of para-hydroxylation sites is 1. The third-order valence-electron chi connectivity index (χ3n) is 8.72. The monoisotopic (exact) mass is 560 g/mol. The third-order valence-corrected chi connectivity index (χ3v) is 8.72. The first-order chi connectivity index (χ1) is 19.8. The van der Waals surface area contributed by atoms with Gasteiger partial charge in [-0.3, -0.25) is 14.5 Å². The van der Waals surface area contributed by atoms with Gasteiger partial charge in [0.15, 0.2) is 6.17 Å². The van der Waals surface area contributed by atoms with Gasteiger partial charge in [0.2, 0.25) is 5.96 Å². The second kappa shape index (κ2) is 11.1. The molecule has 4 aliphatic heterocycles. The van der Waals surface area contributed by atoms with Gasteiger partial charge in [-0.05, 0) is 50.2 Å². The van der Waals surface area contributed by atoms with Crippen LogP contribution < -0.4 is 15.5 Å². The van der Waals surface area contributed by atoms with E-state index < -0.39 is 12.0 Å². The molecule has 2 saturated heterocycles. The molecule has 0 saturated carbocycles. The highest BCUT2D eigenvalue weighted by Crippen LogP contribution is 2.32. The van der Waals surface area contributed by atoms with Gasteiger partial charge in [-0.25, -0.2) is 9.38 Å². The zero-order valence-corrected chi connectivity index (χ0v) is 23.8. The van der Waals surface area contributed by atoms with E-state index in [-0.39, 0.29) is 17.5 Å². The Labute approximate surface area is 240 Å². The standard InChI is InChI=1S/C30H37FN8O2/c1-35-14-16-38(17-15-35)21-10-12-39(13-11-21)28(40)20-8-9-24(23(31)18-20)33-30-32-19-26-27(34-30)36(2)25-7-5-4-6-22(25)29(41)37(26)3/h4-9,18-19,21,27H,10-17H2,1-3H3,(H2,32,33,34). The molecule has 0 aliphatic carbocycles. The number of hydrogen-bond acceptors (Lipinski definition) is 8. The number of fused-ring (bicyclic) bond motifs is 2. The van der Waals surface area contributed by atoms with E-state index in [1.54, 1.807) is 36.3 Å². The summed E-state index contributed by atoms with van der Waals surface area (Å²) in [6.45, 7) is 5.68. The predicted octanol–water partition coefficient (Wildman–Crippen LogP) is 2.44. The number of carbonyl (C=O) groups is 2. The Kier molecular flexibility index (Phi) is 7.39. The van der Waals surface area contributed by atoms with Crippen LogP contribution in [0.2, 0.25) is 0 Å². The van der Waals surface area contributed by atoms with Crippen LogP contribution in [-0.4, -0.2) is 110 Å². The van der Waals surface area contributed by atoms with Crippen LogP contribution in [0.5, 0.6) is 0 Å². The Morgan fingerprint density at radius 3 is 2.46 bits per heavy atom. The van der Waals surface area contributed by atoms with E-state index in [0.29, 0.717) is 41.9 Å². The van der Waals surface area contributed by atoms with Crippen LogP contribution in [0.1, 0.15) is 33.6 Å². The molecule has 2 fully saturated rings. The molecular weight excluding hydrogens is 523 g/mol. The first-order valence-electron chi connectivity index (χ1n) is 14.2. The van der Waals surface area contributed by atoms with Crippen LogP contribution in [0.4, 0.5) is 15.8 Å². The van der Waals surface area contributed by atoms with E-state index in [4.69, 9.17) is 4.99 Å². The number of likely N-dealkylation sites (tertiary alicyclic amines) is 1. The highest BCUT2D eigenvalue weighted by atomic mass is 19.1. The lowest BCUT2D eigenvalue weighted by Crippen LogP contribution is -2.52. The molecule has 4 heterocycles. The lowest BCUT2D eigenvalue weighted by atomic mass is 10.0. The van der Waals surface area contributed by atoms with E-state index in [0.717, 1.165) is 44.7 Å². The summed E-state index contributed by atoms with van der Waals surface area (Å²) in [5.41, 5.74) is 2.58. The molecule has 1 atom stereocenters. The molecule has 0 bridgehead atoms. The number of carbonyl (C=O) groups excluding carboxylic acids is 2. The number of piperazine rings is 1. The highest BCUT2D eigenvalue weighted by Gasteiger charge is 2.35. The molecule has 41 heavy (non-hydrogen) atoms. The lowest BCUT2D eigenvalue weighted by Gasteiger charge is -2.42. The molecule has 0 radical (unpaired) electrons. The first-order valence-corrected chi connectivity index (χ1v) is 14.2. The number of halogens is 1. The van der Waals surface area contributed by atoms with Gasteiger partial charge in [-0.2, -0.15) is 0 Å². The Morgan fingerprint density at radius 1 is 1.00 bits per heavy atom. The van der Waals surface area contributed by atoms with E-state index in [1.807, 2.05) is 35.0 Å². The van der Waals surface area contributed by atoms with Crippen LogP contribution in [0.15, 0.2) is 59.4 Å². The Bertz CT molecular complexity index is 1390. The number of amides is 2. The van der Waals surface area contributed by atoms with Crippen LogP contribution in [-0.2, 0) is 0 Å². The minimum atomic E-state index is -0.533. The lowest BCUT2D eigenvalue weighted by molar-refractivity contribution is 0.0518. The average molecular weight is 561 g/mol. The maximum Gasteiger partial charge on any atom is 0.260 e. The molecule has 2 amide bonds. The Balaban J connectivity index is 1.11. The predicted molar refractivity (Wildman–Crippen MR) is 157 cm³/mol. The fraction of sp³-hybridized carbons (Fsp3) is 0.433. The van der Waals surface area contributed by atoms with E-state index in [2.05, 4.69) is 27.5 Å². The number of nitrogens with one attached hydrogen (secondary N) is 2. The van der Waals surface area contributed by atoms with Crippen molar-refractivity contribution >= 4 is 29.1 Å². The molecule has 4 aliphatic rings. The molecule has 1 unspecified atom stereocenters. The third kappa shape index (κ3) is 5.27. The van der Waals surface area contributed by atoms with Crippen molar-refractivity contribution in [3.63, 3.8) is 0 Å². The summed E-state index contributed by atoms with van der Waals surface area (Å²) in [7, 11) is 5.75. The zero-order chi connectivity index (χ0) is 28.7. The number of hydrogen-bond donors (Lipinski definition) is 2. The maximum absolute atomic E-state index is 15.2. The van der Waals surface area contributed by atoms with Gasteiger partial charge >= 0.3 is 0 Å². The van der Waals surface area contributed by atoms with Crippen molar-refractivity contribution in [3.05, 3.63) is 71.3 Å². The number of guanidine groups is 1. The second-order valence-corrected chi connectivity index (χ2v) is 11.2. The summed E-state index contributed by atoms with van der Waals surface area (Å²) in [4.78, 5) is 41.2. The largest absolute Gasteiger partial charge is 0.347 e. The van der Waals surface area contributed by atoms with Gasteiger partial charge in [0.25, 0.3) is 11.8 Å². The van der Waals surface area contributed by atoms with Gasteiger partial charge < -0.3 is 30.2 Å². The SMILES string of the molecule is CN1CCN(C2CCN(C(=O)c3ccc(NC4=NC5C(=CN4)N(C)C(=O)c4ccccc4N5C)c(F)c3)CC2)CC1. The van der Waals surface area contributed by atoms with Crippen molar-refractivity contribution in [1.82, 2.24) is 24.9 Å². The van der Waals surface area contributed by atoms with Crippen molar-refractivity contribution in [2.24, 2.45) is 4.99 Å². The van der Waals surface area contributed by atoms with Crippen LogP contribution in [0.3, 0.4) is 0 Å². The van der Waals surface area contributed by atoms with Crippen LogP contribution in [0.25, 0.3) is 0 Å². The molecule has 2 aromatic rings. The molecule has 0 aromatic heterocycles. The Morgan fingerprint density at radius 2 is 1.73 bits per heavy atom. The minimum Gasteiger partial charge on any atom is -0.347 e. The number of anilines is 2. The number of likely N-dealkylation sites (N-methyl/N-ethyl adjacent to an activating group) is 3. The summed E-state index contributed by atoms with van der Waals surface area (Å²) in [6.07, 6.45) is 3.11. The molecule has 11 heteroatoms. The van der Waals surface area contributed by atoms with Gasteiger partial charge in [0.05, 0.1) is 22.6 Å². The van der Waals surface area contributed by atoms with Gasteiger partial charge in [-0.15, -0.1) is 0 Å². The molecule has 0 spiro atoms. The fourth-order valence-electron chi connectivity index (χ4n) is 6.14. The highest BCUT2D eigenvalue weighted by molar-refractivity contribution is 6.03. The van der Waals surface area contributed by atoms with Gasteiger partial charge in [0.1, 0.15) is 5.82 Å². The van der Waals surface area contributed by atoms with E-state index in [9.17, 15) is 9.59 Å². The second-order valence-electron chi connectivity index (χ2n) is 11.2. The number of piperidine rings is 1. The van der Waals surface area contributed by atoms with Crippen molar-refractivity contribution < 1.29 is 14.0 Å². The molecule has 6 rings (SSSR count). The number of benzene rings is 2. The van der Waals surface area contributed by atoms with E-state index in [1.165, 1.54) is 6.07 Å². The van der Waals surface area contributed by atoms with Gasteiger partial charge in [-0.1, -0.05) is 12.1 Å². The maximum atomic E-state index is 15.2. The molecule has 2 aromatic carbocycles. The molecule has 10 nitrogen and oxygen atoms in total. The van der Waals surface area contributed by atoms with Crippen LogP contribution in [0, 0.1) is 5.82 Å². The number of rotatable bonds is 3. The van der Waals surface area contributed by atoms with Crippen molar-refractivity contribution in [2.75, 3.05) is 70.6 Å². The van der Waals surface area contributed by atoms with Crippen molar-refractivity contribution in [1.29, 1.82) is 0 Å². The number of nitrogens with zero attached hydrogens (tertiary/aromatic N) is 6. The summed E-state index contributed by atoms with van der Waals surface area (Å²) >= 11 is 0. The van der Waals surface area contributed by atoms with Gasteiger partial charge in [0, 0.05) is 71.2 Å². The smallest absolute Gasteiger partial charge is 0.260 e. The van der Waals surface area contributed by atoms with E-state index >= 15 is 4.39 Å². The topological polar surface area (TPSA) is 86.8 Å². The molecule has 216 valence electrons. The van der Waals surface area contributed by atoms with Crippen molar-refractivity contribution in [2.45, 2.75) is 25.0 Å². The van der Waals surface area contributed by atoms with Crippen LogP contribution >= 0.6 is 0 Å². The summed E-state index contributed by atoms with van der Waals surface area (Å²) < 4.78 is 15.2. The average Bonchev–Trinajstić information content (AvgIpc) is 3.08. The molecule has 2 N–H and O–H groups in total. The fourth-order valence-corrected chi connectivity index (χ4v) is 6.14. The summed E-state index contributed by atoms with van der Waals surface area (Å²) in [5.74, 6) is -0.451. The Hall–Kier alpha value is -3.96. The summed E-state index contributed by atoms with van der Waals surface area (Å²) in [5, 5.41) is 6.07. The minimum absolute atomic E-state index is 0.121. The zero-order valence-electron chi connectivity index (χ0n) is 23.8. The normalized spacial score (nSPS) is 22.3. The number of aliphatic imine (C=N–C) groups is 1. The molecular formula is C30H37FN8O2. The first kappa shape index (κ1) is 27.2. The van der Waals surface area contributed by atoms with Crippen molar-refractivity contribution in [3.8, 4) is 0 Å².